The molecule has 0 unspecified atom stereocenters. The molecule has 0 saturated heterocycles. The van der Waals surface area contributed by atoms with Crippen LogP contribution in [-0.2, 0) is 18.0 Å². The van der Waals surface area contributed by atoms with E-state index in [0.717, 1.165) is 0 Å². The fraction of sp³-hybridized carbons (Fsp3) is 0.300. The highest BCUT2D eigenvalue weighted by Crippen LogP contribution is 2.34. The van der Waals surface area contributed by atoms with Crippen LogP contribution in [-0.4, -0.2) is 27.8 Å². The Labute approximate surface area is 115 Å². The van der Waals surface area contributed by atoms with Crippen molar-refractivity contribution in [3.05, 3.63) is 23.0 Å². The summed E-state index contributed by atoms with van der Waals surface area (Å²) in [6, 6.07) is 1.44. The number of alkyl halides is 3. The molecule has 2 rings (SSSR count). The molecule has 108 valence electrons. The molecule has 0 radical (unpaired) electrons. The van der Waals surface area contributed by atoms with Gasteiger partial charge in [0.15, 0.2) is 0 Å². The van der Waals surface area contributed by atoms with Crippen molar-refractivity contribution >= 4 is 28.1 Å². The third-order valence-electron chi connectivity index (χ3n) is 2.32. The number of aryl methyl sites for hydroxylation is 1. The van der Waals surface area contributed by atoms with Crippen LogP contribution in [0.25, 0.3) is 0 Å². The molecule has 0 aliphatic rings. The van der Waals surface area contributed by atoms with Crippen molar-refractivity contribution in [3.63, 3.8) is 0 Å². The largest absolute Gasteiger partial charge is 0.464 e. The summed E-state index contributed by atoms with van der Waals surface area (Å²) in [5, 5.41) is 8.04. The van der Waals surface area contributed by atoms with E-state index < -0.39 is 17.2 Å². The van der Waals surface area contributed by atoms with Crippen LogP contribution in [0.5, 0.6) is 0 Å². The van der Waals surface area contributed by atoms with Crippen LogP contribution in [0.2, 0.25) is 0 Å². The van der Waals surface area contributed by atoms with Crippen molar-refractivity contribution in [2.24, 2.45) is 7.05 Å². The number of nitrogens with one attached hydrogen (secondary N) is 1. The smallest absolute Gasteiger partial charge is 0.445 e. The van der Waals surface area contributed by atoms with Crippen molar-refractivity contribution in [2.75, 3.05) is 12.4 Å². The highest BCUT2D eigenvalue weighted by atomic mass is 32.1. The van der Waals surface area contributed by atoms with Crippen molar-refractivity contribution in [3.8, 4) is 0 Å². The van der Waals surface area contributed by atoms with Gasteiger partial charge >= 0.3 is 12.1 Å². The first-order valence-corrected chi connectivity index (χ1v) is 6.05. The normalized spacial score (nSPS) is 11.4. The van der Waals surface area contributed by atoms with E-state index in [1.165, 1.54) is 23.9 Å². The topological polar surface area (TPSA) is 69.0 Å². The van der Waals surface area contributed by atoms with E-state index in [4.69, 9.17) is 0 Å². The van der Waals surface area contributed by atoms with Gasteiger partial charge < -0.3 is 14.6 Å². The molecule has 6 nitrogen and oxygen atoms in total. The number of aromatic nitrogens is 3. The first-order valence-electron chi connectivity index (χ1n) is 5.23. The molecule has 2 heterocycles. The van der Waals surface area contributed by atoms with Crippen LogP contribution in [0.3, 0.4) is 0 Å². The molecule has 0 saturated carbocycles. The third-order valence-corrected chi connectivity index (χ3v) is 3.20. The first-order chi connectivity index (χ1) is 9.31. The summed E-state index contributed by atoms with van der Waals surface area (Å²) in [5.41, 5.74) is 0.674. The minimum absolute atomic E-state index is 0.0145. The third kappa shape index (κ3) is 2.90. The van der Waals surface area contributed by atoms with Gasteiger partial charge in [-0.3, -0.25) is 0 Å². The maximum Gasteiger partial charge on any atom is 0.445 e. The van der Waals surface area contributed by atoms with Crippen molar-refractivity contribution in [1.29, 1.82) is 0 Å². The summed E-state index contributed by atoms with van der Waals surface area (Å²) in [7, 11) is 2.85. The van der Waals surface area contributed by atoms with E-state index in [1.807, 2.05) is 0 Å². The van der Waals surface area contributed by atoms with Gasteiger partial charge in [0.1, 0.15) is 5.69 Å². The van der Waals surface area contributed by atoms with E-state index in [-0.39, 0.29) is 10.8 Å². The number of anilines is 2. The highest BCUT2D eigenvalue weighted by molar-refractivity contribution is 7.15. The number of halogens is 3. The van der Waals surface area contributed by atoms with E-state index >= 15 is 0 Å². The van der Waals surface area contributed by atoms with Crippen molar-refractivity contribution in [2.45, 2.75) is 6.18 Å². The number of esters is 1. The van der Waals surface area contributed by atoms with Crippen LogP contribution in [0, 0.1) is 0 Å². The van der Waals surface area contributed by atoms with Crippen LogP contribution in [0.15, 0.2) is 12.3 Å². The van der Waals surface area contributed by atoms with Gasteiger partial charge in [0.25, 0.3) is 0 Å². The SMILES string of the molecule is COC(=O)c1cc(Nc2nnc(C(F)(F)F)s2)cn1C. The van der Waals surface area contributed by atoms with E-state index in [1.54, 1.807) is 7.05 Å². The minimum Gasteiger partial charge on any atom is -0.464 e. The molecule has 2 aromatic rings. The summed E-state index contributed by atoms with van der Waals surface area (Å²) in [6.07, 6.45) is -2.99. The molecule has 0 spiro atoms. The number of carbonyl (C=O) groups is 1. The zero-order chi connectivity index (χ0) is 14.9. The van der Waals surface area contributed by atoms with Crippen molar-refractivity contribution in [1.82, 2.24) is 14.8 Å². The maximum atomic E-state index is 12.4. The average molecular weight is 306 g/mol. The van der Waals surface area contributed by atoms with Crippen LogP contribution >= 0.6 is 11.3 Å². The standard InChI is InChI=1S/C10H9F3N4O2S/c1-17-4-5(3-6(17)7(18)19-2)14-9-16-15-8(20-9)10(11,12)13/h3-4H,1-2H3,(H,14,16). The summed E-state index contributed by atoms with van der Waals surface area (Å²) in [6.45, 7) is 0. The van der Waals surface area contributed by atoms with Crippen LogP contribution in [0.4, 0.5) is 24.0 Å². The Morgan fingerprint density at radius 2 is 2.15 bits per heavy atom. The van der Waals surface area contributed by atoms with E-state index in [0.29, 0.717) is 17.0 Å². The minimum atomic E-state index is -4.52. The lowest BCUT2D eigenvalue weighted by Crippen LogP contribution is -2.06. The molecular formula is C10H9F3N4O2S. The van der Waals surface area contributed by atoms with Gasteiger partial charge in [-0.1, -0.05) is 11.3 Å². The molecule has 2 aromatic heterocycles. The lowest BCUT2D eigenvalue weighted by Gasteiger charge is -1.98. The zero-order valence-corrected chi connectivity index (χ0v) is 11.2. The lowest BCUT2D eigenvalue weighted by molar-refractivity contribution is -0.138. The number of methoxy groups -OCH3 is 1. The number of hydrogen-bond acceptors (Lipinski definition) is 6. The molecule has 20 heavy (non-hydrogen) atoms. The second kappa shape index (κ2) is 5.12. The predicted octanol–water partition coefficient (Wildman–Crippen LogP) is 2.43. The number of hydrogen-bond donors (Lipinski definition) is 1. The molecule has 0 aromatic carbocycles. The van der Waals surface area contributed by atoms with Gasteiger partial charge in [-0.15, -0.1) is 10.2 Å². The summed E-state index contributed by atoms with van der Waals surface area (Å²) < 4.78 is 43.2. The molecule has 1 N–H and O–H groups in total. The Bertz CT molecular complexity index is 635. The Hall–Kier alpha value is -2.10. The maximum absolute atomic E-state index is 12.4. The van der Waals surface area contributed by atoms with Gasteiger partial charge in [-0.25, -0.2) is 4.79 Å². The zero-order valence-electron chi connectivity index (χ0n) is 10.4. The summed E-state index contributed by atoms with van der Waals surface area (Å²) in [4.78, 5) is 11.4. The fourth-order valence-electron chi connectivity index (χ4n) is 1.45. The average Bonchev–Trinajstić information content (AvgIpc) is 2.95. The number of carbonyl (C=O) groups excluding carboxylic acids is 1. The van der Waals surface area contributed by atoms with Gasteiger partial charge in [-0.05, 0) is 6.07 Å². The molecule has 0 bridgehead atoms. The summed E-state index contributed by atoms with van der Waals surface area (Å²) >= 11 is 0.380. The Kier molecular flexibility index (Phi) is 3.66. The summed E-state index contributed by atoms with van der Waals surface area (Å²) in [5.74, 6) is -0.547. The molecule has 10 heteroatoms. The van der Waals surface area contributed by atoms with E-state index in [2.05, 4.69) is 20.3 Å². The number of rotatable bonds is 3. The predicted molar refractivity (Wildman–Crippen MR) is 64.9 cm³/mol. The molecule has 0 aliphatic heterocycles. The molecular weight excluding hydrogens is 297 g/mol. The second-order valence-corrected chi connectivity index (χ2v) is 4.73. The van der Waals surface area contributed by atoms with Crippen molar-refractivity contribution < 1.29 is 22.7 Å². The number of ether oxygens (including phenoxy) is 1. The van der Waals surface area contributed by atoms with E-state index in [9.17, 15) is 18.0 Å². The second-order valence-electron chi connectivity index (χ2n) is 3.75. The van der Waals surface area contributed by atoms with Gasteiger partial charge in [0.05, 0.1) is 12.8 Å². The monoisotopic (exact) mass is 306 g/mol. The Morgan fingerprint density at radius 3 is 2.70 bits per heavy atom. The molecule has 0 aliphatic carbocycles. The van der Waals surface area contributed by atoms with Crippen LogP contribution < -0.4 is 5.32 Å². The lowest BCUT2D eigenvalue weighted by atomic mass is 10.4. The van der Waals surface area contributed by atoms with Gasteiger partial charge in [0.2, 0.25) is 10.1 Å². The highest BCUT2D eigenvalue weighted by Gasteiger charge is 2.35. The van der Waals surface area contributed by atoms with Gasteiger partial charge in [0, 0.05) is 13.2 Å². The van der Waals surface area contributed by atoms with Gasteiger partial charge in [-0.2, -0.15) is 13.2 Å². The quantitative estimate of drug-likeness (QED) is 0.882. The Balaban J connectivity index is 2.18. The van der Waals surface area contributed by atoms with Crippen LogP contribution in [0.1, 0.15) is 15.5 Å². The Morgan fingerprint density at radius 1 is 1.45 bits per heavy atom. The molecule has 0 amide bonds. The number of nitrogens with zero attached hydrogens (tertiary/aromatic N) is 3. The first kappa shape index (κ1) is 14.3. The fourth-order valence-corrected chi connectivity index (χ4v) is 2.08. The molecule has 0 atom stereocenters. The molecule has 0 fully saturated rings.